The zero-order chi connectivity index (χ0) is 22.8. The second-order valence-corrected chi connectivity index (χ2v) is 7.20. The first-order chi connectivity index (χ1) is 15.5. The maximum absolute atomic E-state index is 13.0. The van der Waals surface area contributed by atoms with E-state index in [2.05, 4.69) is 0 Å². The molecular weight excluding hydrogens is 410 g/mol. The highest BCUT2D eigenvalue weighted by Crippen LogP contribution is 2.49. The normalized spacial score (nSPS) is 15.1. The van der Waals surface area contributed by atoms with E-state index in [1.54, 1.807) is 21.1 Å². The van der Waals surface area contributed by atoms with Crippen LogP contribution >= 0.6 is 0 Å². The zero-order valence-corrected chi connectivity index (χ0v) is 18.4. The summed E-state index contributed by atoms with van der Waals surface area (Å²) in [6, 6.07) is 15.4. The number of nitrogens with two attached hydrogens (primary N) is 1. The Labute approximate surface area is 186 Å². The van der Waals surface area contributed by atoms with Gasteiger partial charge in [-0.15, -0.1) is 0 Å². The number of hydrogen-bond donors (Lipinski definition) is 1. The van der Waals surface area contributed by atoms with Crippen molar-refractivity contribution >= 4 is 16.7 Å². The van der Waals surface area contributed by atoms with Gasteiger partial charge in [0.1, 0.15) is 11.3 Å². The number of carbonyl (C=O) groups excluding carboxylic acids is 1. The first-order valence-electron chi connectivity index (χ1n) is 10.2. The first-order valence-corrected chi connectivity index (χ1v) is 10.2. The van der Waals surface area contributed by atoms with Crippen LogP contribution < -0.4 is 24.7 Å². The molecular formula is C25H25NO6. The minimum Gasteiger partial charge on any atom is -0.493 e. The lowest BCUT2D eigenvalue weighted by Gasteiger charge is -2.30. The van der Waals surface area contributed by atoms with Crippen LogP contribution in [0.5, 0.6) is 23.0 Å². The van der Waals surface area contributed by atoms with E-state index in [9.17, 15) is 4.79 Å². The lowest BCUT2D eigenvalue weighted by Crippen LogP contribution is -2.27. The summed E-state index contributed by atoms with van der Waals surface area (Å²) in [6.07, 6.45) is 0. The van der Waals surface area contributed by atoms with E-state index in [0.717, 1.165) is 21.9 Å². The number of carbonyl (C=O) groups is 1. The van der Waals surface area contributed by atoms with E-state index in [0.29, 0.717) is 23.0 Å². The van der Waals surface area contributed by atoms with Gasteiger partial charge in [0.2, 0.25) is 11.6 Å². The van der Waals surface area contributed by atoms with Crippen LogP contribution in [0.4, 0.5) is 0 Å². The Bertz CT molecular complexity index is 1190. The van der Waals surface area contributed by atoms with Gasteiger partial charge in [-0.05, 0) is 30.0 Å². The topological polar surface area (TPSA) is 89.2 Å². The highest BCUT2D eigenvalue weighted by atomic mass is 16.5. The van der Waals surface area contributed by atoms with Gasteiger partial charge in [0.05, 0.1) is 33.9 Å². The molecule has 0 fully saturated rings. The molecule has 1 aliphatic heterocycles. The fraction of sp³-hybridized carbons (Fsp3) is 0.240. The largest absolute Gasteiger partial charge is 0.493 e. The molecule has 0 bridgehead atoms. The Morgan fingerprint density at radius 1 is 1.00 bits per heavy atom. The van der Waals surface area contributed by atoms with Crippen LogP contribution in [0.1, 0.15) is 24.0 Å². The summed E-state index contributed by atoms with van der Waals surface area (Å²) in [5, 5.41) is 1.90. The van der Waals surface area contributed by atoms with E-state index >= 15 is 0 Å². The van der Waals surface area contributed by atoms with Crippen molar-refractivity contribution < 1.29 is 28.5 Å². The molecule has 1 atom stereocenters. The van der Waals surface area contributed by atoms with Gasteiger partial charge in [0.25, 0.3) is 0 Å². The third-order valence-corrected chi connectivity index (χ3v) is 5.50. The van der Waals surface area contributed by atoms with E-state index in [-0.39, 0.29) is 18.1 Å². The minimum absolute atomic E-state index is 0.00561. The Kier molecular flexibility index (Phi) is 5.81. The molecule has 32 heavy (non-hydrogen) atoms. The summed E-state index contributed by atoms with van der Waals surface area (Å²) in [5.41, 5.74) is 8.05. The predicted octanol–water partition coefficient (Wildman–Crippen LogP) is 4.12. The molecule has 0 spiro atoms. The van der Waals surface area contributed by atoms with Crippen molar-refractivity contribution in [3.05, 3.63) is 71.1 Å². The third-order valence-electron chi connectivity index (χ3n) is 5.50. The van der Waals surface area contributed by atoms with E-state index in [1.807, 2.05) is 48.5 Å². The van der Waals surface area contributed by atoms with Crippen LogP contribution in [0.25, 0.3) is 10.8 Å². The smallest absolute Gasteiger partial charge is 0.340 e. The number of fused-ring (bicyclic) bond motifs is 3. The Morgan fingerprint density at radius 2 is 1.69 bits per heavy atom. The van der Waals surface area contributed by atoms with Gasteiger partial charge in [-0.25, -0.2) is 4.79 Å². The quantitative estimate of drug-likeness (QED) is 0.583. The molecule has 7 heteroatoms. The minimum atomic E-state index is -0.559. The van der Waals surface area contributed by atoms with Crippen LogP contribution in [-0.2, 0) is 9.53 Å². The molecule has 1 heterocycles. The number of esters is 1. The molecule has 0 radical (unpaired) electrons. The molecule has 0 saturated carbocycles. The third kappa shape index (κ3) is 3.45. The predicted molar refractivity (Wildman–Crippen MR) is 120 cm³/mol. The highest BCUT2D eigenvalue weighted by Gasteiger charge is 2.37. The maximum atomic E-state index is 13.0. The average molecular weight is 435 g/mol. The molecule has 4 rings (SSSR count). The van der Waals surface area contributed by atoms with Crippen LogP contribution in [0.15, 0.2) is 60.0 Å². The average Bonchev–Trinajstić information content (AvgIpc) is 2.82. The van der Waals surface area contributed by atoms with Gasteiger partial charge < -0.3 is 29.4 Å². The summed E-state index contributed by atoms with van der Waals surface area (Å²) in [6.45, 7) is 1.95. The standard InChI is InChI=1S/C25H25NO6/c1-5-31-25(27)21-20(15-12-18(28-2)23(30-4)19(13-15)29-3)17-11-10-14-8-6-7-9-16(14)22(17)32-24(21)26/h6-13,20H,5,26H2,1-4H3. The molecule has 3 aromatic carbocycles. The monoisotopic (exact) mass is 435 g/mol. The summed E-state index contributed by atoms with van der Waals surface area (Å²) < 4.78 is 27.9. The fourth-order valence-corrected chi connectivity index (χ4v) is 4.11. The van der Waals surface area contributed by atoms with Gasteiger partial charge in [-0.2, -0.15) is 0 Å². The molecule has 0 aliphatic carbocycles. The molecule has 0 saturated heterocycles. The molecule has 3 aromatic rings. The molecule has 2 N–H and O–H groups in total. The molecule has 0 aromatic heterocycles. The van der Waals surface area contributed by atoms with Crippen molar-refractivity contribution in [1.82, 2.24) is 0 Å². The van der Waals surface area contributed by atoms with Gasteiger partial charge >= 0.3 is 5.97 Å². The lowest BCUT2D eigenvalue weighted by atomic mass is 9.81. The van der Waals surface area contributed by atoms with Crippen LogP contribution in [0.3, 0.4) is 0 Å². The van der Waals surface area contributed by atoms with Crippen molar-refractivity contribution in [3.8, 4) is 23.0 Å². The Hall–Kier alpha value is -3.87. The van der Waals surface area contributed by atoms with Crippen molar-refractivity contribution in [1.29, 1.82) is 0 Å². The number of methoxy groups -OCH3 is 3. The highest BCUT2D eigenvalue weighted by molar-refractivity contribution is 5.96. The number of rotatable bonds is 6. The van der Waals surface area contributed by atoms with Gasteiger partial charge in [0, 0.05) is 10.9 Å². The summed E-state index contributed by atoms with van der Waals surface area (Å²) in [5.74, 6) is 0.909. The van der Waals surface area contributed by atoms with Gasteiger partial charge in [0.15, 0.2) is 11.5 Å². The number of hydrogen-bond acceptors (Lipinski definition) is 7. The van der Waals surface area contributed by atoms with Crippen LogP contribution in [0, 0.1) is 0 Å². The van der Waals surface area contributed by atoms with E-state index in [1.165, 1.54) is 7.11 Å². The summed E-state index contributed by atoms with van der Waals surface area (Å²) in [4.78, 5) is 13.0. The van der Waals surface area contributed by atoms with Gasteiger partial charge in [-0.3, -0.25) is 0 Å². The first kappa shape index (κ1) is 21.4. The second-order valence-electron chi connectivity index (χ2n) is 7.20. The van der Waals surface area contributed by atoms with Crippen molar-refractivity contribution in [2.45, 2.75) is 12.8 Å². The lowest BCUT2D eigenvalue weighted by molar-refractivity contribution is -0.139. The van der Waals surface area contributed by atoms with E-state index in [4.69, 9.17) is 29.4 Å². The summed E-state index contributed by atoms with van der Waals surface area (Å²) in [7, 11) is 4.63. The molecule has 7 nitrogen and oxygen atoms in total. The van der Waals surface area contributed by atoms with Crippen LogP contribution in [0.2, 0.25) is 0 Å². The van der Waals surface area contributed by atoms with Crippen LogP contribution in [-0.4, -0.2) is 33.9 Å². The molecule has 1 unspecified atom stereocenters. The number of benzene rings is 3. The van der Waals surface area contributed by atoms with Crippen molar-refractivity contribution in [2.75, 3.05) is 27.9 Å². The SMILES string of the molecule is CCOC(=O)C1=C(N)Oc2c(ccc3ccccc23)C1c1cc(OC)c(OC)c(OC)c1. The van der Waals surface area contributed by atoms with Crippen molar-refractivity contribution in [2.24, 2.45) is 5.73 Å². The molecule has 1 aliphatic rings. The second kappa shape index (κ2) is 8.70. The number of ether oxygens (including phenoxy) is 5. The fourth-order valence-electron chi connectivity index (χ4n) is 4.11. The molecule has 166 valence electrons. The van der Waals surface area contributed by atoms with Crippen molar-refractivity contribution in [3.63, 3.8) is 0 Å². The Morgan fingerprint density at radius 3 is 2.31 bits per heavy atom. The summed E-state index contributed by atoms with van der Waals surface area (Å²) >= 11 is 0. The Balaban J connectivity index is 2.01. The maximum Gasteiger partial charge on any atom is 0.340 e. The van der Waals surface area contributed by atoms with Gasteiger partial charge in [-0.1, -0.05) is 36.4 Å². The molecule has 0 amide bonds. The zero-order valence-electron chi connectivity index (χ0n) is 18.4. The van der Waals surface area contributed by atoms with E-state index < -0.39 is 11.9 Å².